The highest BCUT2D eigenvalue weighted by atomic mass is 16.5. The van der Waals surface area contributed by atoms with Crippen molar-refractivity contribution in [3.8, 4) is 28.3 Å². The van der Waals surface area contributed by atoms with Gasteiger partial charge in [-0.25, -0.2) is 0 Å². The summed E-state index contributed by atoms with van der Waals surface area (Å²) in [6, 6.07) is 13.1. The minimum atomic E-state index is -0.0839. The third kappa shape index (κ3) is 3.56. The fourth-order valence-electron chi connectivity index (χ4n) is 4.34. The smallest absolute Gasteiger partial charge is 0.198 e. The largest absolute Gasteiger partial charge is 0.497 e. The van der Waals surface area contributed by atoms with Crippen molar-refractivity contribution in [1.29, 1.82) is 0 Å². The summed E-state index contributed by atoms with van der Waals surface area (Å²) in [5.74, 6) is 0.762. The van der Waals surface area contributed by atoms with Crippen molar-refractivity contribution in [3.63, 3.8) is 0 Å². The molecule has 0 bridgehead atoms. The molecule has 2 aromatic carbocycles. The number of benzene rings is 2. The molecule has 31 heavy (non-hydrogen) atoms. The summed E-state index contributed by atoms with van der Waals surface area (Å²) >= 11 is 0. The van der Waals surface area contributed by atoms with Crippen LogP contribution in [-0.4, -0.2) is 66.6 Å². The van der Waals surface area contributed by atoms with Crippen LogP contribution in [-0.2, 0) is 16.0 Å². The van der Waals surface area contributed by atoms with Gasteiger partial charge < -0.3 is 9.47 Å². The van der Waals surface area contributed by atoms with Gasteiger partial charge in [-0.05, 0) is 29.8 Å². The van der Waals surface area contributed by atoms with E-state index in [4.69, 9.17) is 9.47 Å². The van der Waals surface area contributed by atoms with Crippen LogP contribution in [0.5, 0.6) is 5.75 Å². The van der Waals surface area contributed by atoms with E-state index in [1.54, 1.807) is 7.11 Å². The number of hydrogen-bond donors (Lipinski definition) is 1. The molecule has 0 saturated carbocycles. The lowest BCUT2D eigenvalue weighted by Crippen LogP contribution is -2.40. The van der Waals surface area contributed by atoms with Crippen molar-refractivity contribution >= 4 is 11.6 Å². The number of nitrogens with zero attached hydrogens (tertiary/aromatic N) is 2. The Morgan fingerprint density at radius 3 is 2.65 bits per heavy atom. The first-order chi connectivity index (χ1) is 15.2. The number of ether oxygens (including phenoxy) is 2. The molecule has 1 aliphatic heterocycles. The fraction of sp³-hybridized carbons (Fsp3) is 0.292. The van der Waals surface area contributed by atoms with Crippen molar-refractivity contribution in [1.82, 2.24) is 15.1 Å². The van der Waals surface area contributed by atoms with Crippen molar-refractivity contribution in [3.05, 3.63) is 59.2 Å². The third-order valence-electron chi connectivity index (χ3n) is 5.90. The van der Waals surface area contributed by atoms with Crippen LogP contribution in [0.4, 0.5) is 0 Å². The predicted molar refractivity (Wildman–Crippen MR) is 115 cm³/mol. The maximum atomic E-state index is 13.4. The first-order valence-corrected chi connectivity index (χ1v) is 10.4. The second-order valence-electron chi connectivity index (χ2n) is 7.82. The van der Waals surface area contributed by atoms with Gasteiger partial charge in [-0.3, -0.25) is 19.6 Å². The van der Waals surface area contributed by atoms with Crippen LogP contribution in [0.2, 0.25) is 0 Å². The van der Waals surface area contributed by atoms with Crippen molar-refractivity contribution in [2.24, 2.45) is 0 Å². The maximum absolute atomic E-state index is 13.4. The number of hydrogen-bond acceptors (Lipinski definition) is 6. The number of H-pyrrole nitrogens is 1. The molecule has 0 unspecified atom stereocenters. The molecule has 0 amide bonds. The maximum Gasteiger partial charge on any atom is 0.198 e. The van der Waals surface area contributed by atoms with Gasteiger partial charge in [0.2, 0.25) is 0 Å². The molecule has 0 spiro atoms. The number of fused-ring (bicyclic) bond motifs is 3. The molecule has 2 heterocycles. The van der Waals surface area contributed by atoms with E-state index >= 15 is 0 Å². The quantitative estimate of drug-likeness (QED) is 0.519. The van der Waals surface area contributed by atoms with Gasteiger partial charge in [0.05, 0.1) is 38.1 Å². The molecule has 1 aliphatic carbocycles. The van der Waals surface area contributed by atoms with Crippen molar-refractivity contribution in [2.75, 3.05) is 40.0 Å². The zero-order valence-corrected chi connectivity index (χ0v) is 17.3. The number of nitrogens with one attached hydrogen (secondary N) is 1. The van der Waals surface area contributed by atoms with E-state index in [0.29, 0.717) is 42.3 Å². The van der Waals surface area contributed by atoms with Gasteiger partial charge in [0.15, 0.2) is 11.6 Å². The SMILES string of the molecule is COc1ccc(-c2n[nH]c3c2C(=O)c2c(CC(=O)CN4CCOCC4)cccc2-3)cc1. The molecule has 1 aromatic heterocycles. The molecular weight excluding hydrogens is 394 g/mol. The summed E-state index contributed by atoms with van der Waals surface area (Å²) in [5, 5.41) is 7.45. The molecule has 2 aliphatic rings. The Bertz CT molecular complexity index is 1140. The zero-order chi connectivity index (χ0) is 21.4. The van der Waals surface area contributed by atoms with Crippen LogP contribution in [0.15, 0.2) is 42.5 Å². The van der Waals surface area contributed by atoms with Crippen LogP contribution in [0.3, 0.4) is 0 Å². The normalized spacial score (nSPS) is 15.6. The number of carbonyl (C=O) groups is 2. The van der Waals surface area contributed by atoms with Crippen LogP contribution in [0.1, 0.15) is 21.5 Å². The Labute approximate surface area is 180 Å². The minimum absolute atomic E-state index is 0.0839. The van der Waals surface area contributed by atoms with Gasteiger partial charge in [0.25, 0.3) is 0 Å². The van der Waals surface area contributed by atoms with Gasteiger partial charge in [0, 0.05) is 36.2 Å². The lowest BCUT2D eigenvalue weighted by atomic mass is 9.97. The van der Waals surface area contributed by atoms with Crippen LogP contribution in [0, 0.1) is 0 Å². The topological polar surface area (TPSA) is 84.5 Å². The average Bonchev–Trinajstić information content (AvgIpc) is 3.35. The first kappa shape index (κ1) is 19.7. The highest BCUT2D eigenvalue weighted by Crippen LogP contribution is 2.41. The lowest BCUT2D eigenvalue weighted by molar-refractivity contribution is -0.120. The standard InChI is InChI=1S/C24H23N3O4/c1-30-18-7-5-15(6-8-18)22-21-23(26-25-22)19-4-2-3-16(20(19)24(21)29)13-17(28)14-27-9-11-31-12-10-27/h2-8H,9-14H2,1H3,(H,25,26). The molecule has 1 N–H and O–H groups in total. The molecule has 7 heteroatoms. The zero-order valence-electron chi connectivity index (χ0n) is 17.3. The van der Waals surface area contributed by atoms with Gasteiger partial charge in [-0.15, -0.1) is 0 Å². The molecule has 158 valence electrons. The fourth-order valence-corrected chi connectivity index (χ4v) is 4.34. The molecule has 7 nitrogen and oxygen atoms in total. The van der Waals surface area contributed by atoms with Gasteiger partial charge in [-0.2, -0.15) is 5.10 Å². The van der Waals surface area contributed by atoms with Crippen LogP contribution >= 0.6 is 0 Å². The van der Waals surface area contributed by atoms with Crippen molar-refractivity contribution in [2.45, 2.75) is 6.42 Å². The molecule has 1 saturated heterocycles. The molecule has 3 aromatic rings. The van der Waals surface area contributed by atoms with E-state index in [0.717, 1.165) is 35.5 Å². The Morgan fingerprint density at radius 2 is 1.90 bits per heavy atom. The number of ketones is 2. The second-order valence-corrected chi connectivity index (χ2v) is 7.82. The minimum Gasteiger partial charge on any atom is -0.497 e. The summed E-state index contributed by atoms with van der Waals surface area (Å²) in [7, 11) is 1.61. The average molecular weight is 417 g/mol. The monoisotopic (exact) mass is 417 g/mol. The third-order valence-corrected chi connectivity index (χ3v) is 5.90. The number of carbonyl (C=O) groups excluding carboxylic acids is 2. The highest BCUT2D eigenvalue weighted by molar-refractivity contribution is 6.24. The van der Waals surface area contributed by atoms with E-state index in [2.05, 4.69) is 15.1 Å². The Kier molecular flexibility index (Phi) is 5.13. The van der Waals surface area contributed by atoms with E-state index in [1.165, 1.54) is 0 Å². The number of Topliss-reactive ketones (excluding diaryl/α,β-unsaturated/α-hetero) is 1. The van der Waals surface area contributed by atoms with Gasteiger partial charge >= 0.3 is 0 Å². The summed E-state index contributed by atoms with van der Waals surface area (Å²) in [4.78, 5) is 28.3. The van der Waals surface area contributed by atoms with Gasteiger partial charge in [-0.1, -0.05) is 18.2 Å². The number of aromatic amines is 1. The second kappa shape index (κ2) is 8.09. The van der Waals surface area contributed by atoms with Crippen LogP contribution in [0.25, 0.3) is 22.5 Å². The molecule has 5 rings (SSSR count). The number of rotatable bonds is 6. The van der Waals surface area contributed by atoms with E-state index in [9.17, 15) is 9.59 Å². The summed E-state index contributed by atoms with van der Waals surface area (Å²) < 4.78 is 10.6. The number of morpholine rings is 1. The van der Waals surface area contributed by atoms with Crippen molar-refractivity contribution < 1.29 is 19.1 Å². The molecular formula is C24H23N3O4. The van der Waals surface area contributed by atoms with Crippen LogP contribution < -0.4 is 4.74 Å². The number of aromatic nitrogens is 2. The van der Waals surface area contributed by atoms with E-state index < -0.39 is 0 Å². The molecule has 0 atom stereocenters. The predicted octanol–water partition coefficient (Wildman–Crippen LogP) is 2.74. The Hall–Kier alpha value is -3.29. The Morgan fingerprint density at radius 1 is 1.13 bits per heavy atom. The molecule has 0 radical (unpaired) electrons. The summed E-state index contributed by atoms with van der Waals surface area (Å²) in [5.41, 5.74) is 4.92. The number of methoxy groups -OCH3 is 1. The van der Waals surface area contributed by atoms with E-state index in [1.807, 2.05) is 42.5 Å². The summed E-state index contributed by atoms with van der Waals surface area (Å²) in [6.07, 6.45) is 0.238. The van der Waals surface area contributed by atoms with E-state index in [-0.39, 0.29) is 18.0 Å². The first-order valence-electron chi connectivity index (χ1n) is 10.4. The highest BCUT2D eigenvalue weighted by Gasteiger charge is 2.34. The Balaban J connectivity index is 1.43. The summed E-state index contributed by atoms with van der Waals surface area (Å²) in [6.45, 7) is 3.22. The molecule has 1 fully saturated rings. The lowest BCUT2D eigenvalue weighted by Gasteiger charge is -2.25. The van der Waals surface area contributed by atoms with Gasteiger partial charge in [0.1, 0.15) is 11.4 Å².